The maximum Gasteiger partial charge on any atom is 0.0585 e. The zero-order chi connectivity index (χ0) is 10.6. The molecule has 78 valence electrons. The van der Waals surface area contributed by atoms with Gasteiger partial charge in [0.25, 0.3) is 0 Å². The summed E-state index contributed by atoms with van der Waals surface area (Å²) in [6.45, 7) is 6.46. The molecule has 14 heavy (non-hydrogen) atoms. The highest BCUT2D eigenvalue weighted by Crippen LogP contribution is 2.22. The Balaban J connectivity index is 2.46. The molecule has 1 nitrogen and oxygen atoms in total. The van der Waals surface area contributed by atoms with Gasteiger partial charge in [0.15, 0.2) is 0 Å². The minimum absolute atomic E-state index is 0.203. The molecule has 0 aromatic heterocycles. The van der Waals surface area contributed by atoms with E-state index in [1.165, 1.54) is 5.56 Å². The number of aliphatic hydroxyl groups excluding tert-OH is 1. The Bertz CT molecular complexity index is 258. The van der Waals surface area contributed by atoms with Gasteiger partial charge in [0.1, 0.15) is 0 Å². The third kappa shape index (κ3) is 4.43. The molecule has 0 bridgehead atoms. The van der Waals surface area contributed by atoms with Crippen LogP contribution in [0.3, 0.4) is 0 Å². The van der Waals surface area contributed by atoms with Gasteiger partial charge in [0, 0.05) is 0 Å². The SMILES string of the molecule is CC(C)(C)C[C@H](O)Cc1ccccc1. The Morgan fingerprint density at radius 3 is 2.21 bits per heavy atom. The van der Waals surface area contributed by atoms with E-state index in [1.54, 1.807) is 0 Å². The lowest BCUT2D eigenvalue weighted by molar-refractivity contribution is 0.121. The Morgan fingerprint density at radius 1 is 1.14 bits per heavy atom. The quantitative estimate of drug-likeness (QED) is 0.780. The molecule has 0 aliphatic carbocycles. The van der Waals surface area contributed by atoms with Crippen LogP contribution in [-0.4, -0.2) is 11.2 Å². The van der Waals surface area contributed by atoms with Crippen molar-refractivity contribution in [2.45, 2.75) is 39.7 Å². The standard InChI is InChI=1S/C13H20O/c1-13(2,3)10-12(14)9-11-7-5-4-6-8-11/h4-8,12,14H,9-10H2,1-3H3/t12-/m1/s1. The fourth-order valence-electron chi connectivity index (χ4n) is 1.67. The summed E-state index contributed by atoms with van der Waals surface area (Å²) >= 11 is 0. The van der Waals surface area contributed by atoms with Crippen LogP contribution < -0.4 is 0 Å². The average Bonchev–Trinajstić information content (AvgIpc) is 2.02. The maximum atomic E-state index is 9.84. The van der Waals surface area contributed by atoms with E-state index in [1.807, 2.05) is 18.2 Å². The molecule has 1 N–H and O–H groups in total. The second-order valence-corrected chi connectivity index (χ2v) is 5.11. The minimum Gasteiger partial charge on any atom is -0.393 e. The van der Waals surface area contributed by atoms with Gasteiger partial charge in [-0.2, -0.15) is 0 Å². The van der Waals surface area contributed by atoms with E-state index < -0.39 is 0 Å². The van der Waals surface area contributed by atoms with Gasteiger partial charge in [-0.25, -0.2) is 0 Å². The Morgan fingerprint density at radius 2 is 1.71 bits per heavy atom. The van der Waals surface area contributed by atoms with Crippen molar-refractivity contribution in [2.24, 2.45) is 5.41 Å². The van der Waals surface area contributed by atoms with Crippen LogP contribution >= 0.6 is 0 Å². The Kier molecular flexibility index (Phi) is 3.70. The largest absolute Gasteiger partial charge is 0.393 e. The zero-order valence-electron chi connectivity index (χ0n) is 9.33. The van der Waals surface area contributed by atoms with Gasteiger partial charge in [-0.15, -0.1) is 0 Å². The van der Waals surface area contributed by atoms with E-state index in [-0.39, 0.29) is 11.5 Å². The number of benzene rings is 1. The third-order valence-electron chi connectivity index (χ3n) is 2.16. The number of hydrogen-bond donors (Lipinski definition) is 1. The lowest BCUT2D eigenvalue weighted by Gasteiger charge is -2.22. The highest BCUT2D eigenvalue weighted by atomic mass is 16.3. The predicted octanol–water partition coefficient (Wildman–Crippen LogP) is 3.03. The maximum absolute atomic E-state index is 9.84. The second-order valence-electron chi connectivity index (χ2n) is 5.11. The third-order valence-corrected chi connectivity index (χ3v) is 2.16. The molecule has 0 aliphatic rings. The van der Waals surface area contributed by atoms with Gasteiger partial charge >= 0.3 is 0 Å². The molecular formula is C13H20O. The van der Waals surface area contributed by atoms with E-state index >= 15 is 0 Å². The fourth-order valence-corrected chi connectivity index (χ4v) is 1.67. The van der Waals surface area contributed by atoms with Crippen LogP contribution in [0.15, 0.2) is 30.3 Å². The predicted molar refractivity (Wildman–Crippen MR) is 60.2 cm³/mol. The molecule has 1 heteroatoms. The van der Waals surface area contributed by atoms with Crippen molar-refractivity contribution in [2.75, 3.05) is 0 Å². The monoisotopic (exact) mass is 192 g/mol. The molecule has 0 fully saturated rings. The van der Waals surface area contributed by atoms with Gasteiger partial charge in [-0.3, -0.25) is 0 Å². The molecule has 0 aliphatic heterocycles. The van der Waals surface area contributed by atoms with E-state index in [9.17, 15) is 5.11 Å². The first-order chi connectivity index (χ1) is 6.47. The van der Waals surface area contributed by atoms with E-state index in [4.69, 9.17) is 0 Å². The topological polar surface area (TPSA) is 20.2 Å². The molecule has 1 rings (SSSR count). The molecule has 0 radical (unpaired) electrons. The van der Waals surface area contributed by atoms with Crippen LogP contribution in [-0.2, 0) is 6.42 Å². The van der Waals surface area contributed by atoms with Gasteiger partial charge in [0.2, 0.25) is 0 Å². The summed E-state index contributed by atoms with van der Waals surface area (Å²) in [4.78, 5) is 0. The van der Waals surface area contributed by atoms with Crippen LogP contribution in [0.1, 0.15) is 32.8 Å². The van der Waals surface area contributed by atoms with Crippen molar-refractivity contribution in [3.63, 3.8) is 0 Å². The number of rotatable bonds is 3. The van der Waals surface area contributed by atoms with E-state index in [2.05, 4.69) is 32.9 Å². The molecule has 0 unspecified atom stereocenters. The Hall–Kier alpha value is -0.820. The first kappa shape index (κ1) is 11.3. The summed E-state index contributed by atoms with van der Waals surface area (Å²) in [5.74, 6) is 0. The summed E-state index contributed by atoms with van der Waals surface area (Å²) < 4.78 is 0. The van der Waals surface area contributed by atoms with Crippen molar-refractivity contribution < 1.29 is 5.11 Å². The van der Waals surface area contributed by atoms with Gasteiger partial charge in [-0.1, -0.05) is 51.1 Å². The highest BCUT2D eigenvalue weighted by molar-refractivity contribution is 5.15. The molecule has 1 aromatic carbocycles. The van der Waals surface area contributed by atoms with Crippen molar-refractivity contribution in [3.05, 3.63) is 35.9 Å². The zero-order valence-corrected chi connectivity index (χ0v) is 9.33. The van der Waals surface area contributed by atoms with Crippen LogP contribution in [0, 0.1) is 5.41 Å². The molecule has 0 saturated carbocycles. The summed E-state index contributed by atoms with van der Waals surface area (Å²) in [7, 11) is 0. The normalized spacial score (nSPS) is 14.0. The van der Waals surface area contributed by atoms with E-state index in [0.717, 1.165) is 12.8 Å². The first-order valence-electron chi connectivity index (χ1n) is 5.19. The van der Waals surface area contributed by atoms with Crippen molar-refractivity contribution >= 4 is 0 Å². The average molecular weight is 192 g/mol. The van der Waals surface area contributed by atoms with Crippen molar-refractivity contribution in [3.8, 4) is 0 Å². The molecule has 0 amide bonds. The minimum atomic E-state index is -0.225. The molecule has 1 aromatic rings. The van der Waals surface area contributed by atoms with Crippen LogP contribution in [0.5, 0.6) is 0 Å². The summed E-state index contributed by atoms with van der Waals surface area (Å²) in [5, 5.41) is 9.84. The Labute approximate surface area is 86.8 Å². The smallest absolute Gasteiger partial charge is 0.0585 e. The number of aliphatic hydroxyl groups is 1. The molecule has 0 heterocycles. The summed E-state index contributed by atoms with van der Waals surface area (Å²) in [5.41, 5.74) is 1.41. The highest BCUT2D eigenvalue weighted by Gasteiger charge is 2.16. The molecule has 1 atom stereocenters. The van der Waals surface area contributed by atoms with Crippen LogP contribution in [0.4, 0.5) is 0 Å². The van der Waals surface area contributed by atoms with Crippen molar-refractivity contribution in [1.29, 1.82) is 0 Å². The van der Waals surface area contributed by atoms with Gasteiger partial charge in [-0.05, 0) is 23.8 Å². The van der Waals surface area contributed by atoms with Gasteiger partial charge in [0.05, 0.1) is 6.10 Å². The molecule has 0 saturated heterocycles. The van der Waals surface area contributed by atoms with E-state index in [0.29, 0.717) is 0 Å². The first-order valence-corrected chi connectivity index (χ1v) is 5.19. The molecule has 0 spiro atoms. The second kappa shape index (κ2) is 4.61. The van der Waals surface area contributed by atoms with Crippen LogP contribution in [0.2, 0.25) is 0 Å². The fraction of sp³-hybridized carbons (Fsp3) is 0.538. The summed E-state index contributed by atoms with van der Waals surface area (Å²) in [6.07, 6.45) is 1.39. The molecular weight excluding hydrogens is 172 g/mol. The van der Waals surface area contributed by atoms with Gasteiger partial charge < -0.3 is 5.11 Å². The van der Waals surface area contributed by atoms with Crippen molar-refractivity contribution in [1.82, 2.24) is 0 Å². The van der Waals surface area contributed by atoms with Crippen LogP contribution in [0.25, 0.3) is 0 Å². The number of hydrogen-bond acceptors (Lipinski definition) is 1. The lowest BCUT2D eigenvalue weighted by atomic mass is 9.87. The summed E-state index contributed by atoms with van der Waals surface area (Å²) in [6, 6.07) is 10.1. The lowest BCUT2D eigenvalue weighted by Crippen LogP contribution is -2.19.